The minimum Gasteiger partial charge on any atom is -0.465 e. The zero-order valence-electron chi connectivity index (χ0n) is 25.5. The maximum Gasteiger partial charge on any atom is 0.313 e. The fraction of sp³-hybridized carbons (Fsp3) is 0.405. The summed E-state index contributed by atoms with van der Waals surface area (Å²) < 4.78 is 11.9. The molecule has 230 valence electrons. The fourth-order valence-electron chi connectivity index (χ4n) is 7.08. The van der Waals surface area contributed by atoms with Gasteiger partial charge in [0.1, 0.15) is 6.10 Å². The van der Waals surface area contributed by atoms with Crippen LogP contribution in [0.15, 0.2) is 97.1 Å². The molecule has 1 amide bonds. The number of cyclic esters (lactones) is 1. The molecule has 7 nitrogen and oxygen atoms in total. The van der Waals surface area contributed by atoms with Crippen LogP contribution in [0, 0.1) is 11.3 Å². The Kier molecular flexibility index (Phi) is 9.55. The average Bonchev–Trinajstić information content (AvgIpc) is 3.40. The Bertz CT molecular complexity index is 1390. The third-order valence-corrected chi connectivity index (χ3v) is 9.41. The number of hydrogen-bond donors (Lipinski definition) is 1. The van der Waals surface area contributed by atoms with Gasteiger partial charge in [-0.25, -0.2) is 0 Å². The Hall–Kier alpha value is -3.78. The number of rotatable bonds is 11. The number of carbonyl (C=O) groups is 2. The van der Waals surface area contributed by atoms with E-state index in [0.29, 0.717) is 32.6 Å². The van der Waals surface area contributed by atoms with Gasteiger partial charge in [-0.15, -0.1) is 0 Å². The summed E-state index contributed by atoms with van der Waals surface area (Å²) >= 11 is 0. The summed E-state index contributed by atoms with van der Waals surface area (Å²) in [5.41, 5.74) is 4.84. The van der Waals surface area contributed by atoms with Crippen LogP contribution in [-0.4, -0.2) is 74.2 Å². The van der Waals surface area contributed by atoms with Gasteiger partial charge in [-0.2, -0.15) is 0 Å². The van der Waals surface area contributed by atoms with E-state index in [2.05, 4.69) is 70.2 Å². The predicted octanol–water partition coefficient (Wildman–Crippen LogP) is 5.49. The Morgan fingerprint density at radius 3 is 2.30 bits per heavy atom. The summed E-state index contributed by atoms with van der Waals surface area (Å²) in [6, 6.07) is 28.7. The van der Waals surface area contributed by atoms with E-state index in [1.807, 2.05) is 36.4 Å². The van der Waals surface area contributed by atoms with Crippen LogP contribution in [0.1, 0.15) is 42.1 Å². The highest BCUT2D eigenvalue weighted by Gasteiger charge is 2.55. The van der Waals surface area contributed by atoms with E-state index in [1.54, 1.807) is 0 Å². The first-order valence-electron chi connectivity index (χ1n) is 15.9. The van der Waals surface area contributed by atoms with Crippen LogP contribution < -0.4 is 5.32 Å². The molecule has 6 rings (SSSR count). The van der Waals surface area contributed by atoms with Crippen molar-refractivity contribution in [1.82, 2.24) is 9.80 Å². The first-order chi connectivity index (χ1) is 21.5. The molecule has 2 atom stereocenters. The summed E-state index contributed by atoms with van der Waals surface area (Å²) in [6.07, 6.45) is 3.15. The van der Waals surface area contributed by atoms with Gasteiger partial charge in [0.05, 0.1) is 25.2 Å². The highest BCUT2D eigenvalue weighted by Crippen LogP contribution is 2.52. The van der Waals surface area contributed by atoms with Gasteiger partial charge >= 0.3 is 5.97 Å². The zero-order valence-corrected chi connectivity index (χ0v) is 25.5. The number of allylic oxidation sites excluding steroid dienone is 1. The number of esters is 1. The van der Waals surface area contributed by atoms with Crippen molar-refractivity contribution in [3.05, 3.63) is 114 Å². The van der Waals surface area contributed by atoms with Crippen molar-refractivity contribution in [2.45, 2.75) is 31.8 Å². The van der Waals surface area contributed by atoms with E-state index in [9.17, 15) is 9.59 Å². The molecule has 3 aromatic rings. The molecule has 7 heteroatoms. The van der Waals surface area contributed by atoms with Crippen molar-refractivity contribution >= 4 is 17.6 Å². The van der Waals surface area contributed by atoms with Crippen LogP contribution in [0.2, 0.25) is 0 Å². The average molecular weight is 594 g/mol. The predicted molar refractivity (Wildman–Crippen MR) is 172 cm³/mol. The van der Waals surface area contributed by atoms with Gasteiger partial charge in [0.2, 0.25) is 5.91 Å². The largest absolute Gasteiger partial charge is 0.465 e. The number of hydrogen-bond acceptors (Lipinski definition) is 6. The quantitative estimate of drug-likeness (QED) is 0.234. The number of nitrogens with zero attached hydrogens (tertiary/aromatic N) is 2. The Morgan fingerprint density at radius 2 is 1.59 bits per heavy atom. The molecule has 0 radical (unpaired) electrons. The molecule has 0 aromatic heterocycles. The van der Waals surface area contributed by atoms with Gasteiger partial charge < -0.3 is 14.8 Å². The highest BCUT2D eigenvalue weighted by molar-refractivity contribution is 5.92. The van der Waals surface area contributed by atoms with Crippen LogP contribution in [0.3, 0.4) is 0 Å². The minimum atomic E-state index is -0.472. The molecular formula is C37H43N3O4. The minimum absolute atomic E-state index is 0.00628. The molecule has 3 aromatic carbocycles. The summed E-state index contributed by atoms with van der Waals surface area (Å²) in [5.74, 6) is 0.123. The number of nitrogens with one attached hydrogen (secondary N) is 1. The van der Waals surface area contributed by atoms with Crippen LogP contribution in [0.25, 0.3) is 0 Å². The van der Waals surface area contributed by atoms with Gasteiger partial charge in [-0.05, 0) is 67.6 Å². The molecule has 44 heavy (non-hydrogen) atoms. The van der Waals surface area contributed by atoms with Crippen molar-refractivity contribution in [2.75, 3.05) is 57.8 Å². The summed E-state index contributed by atoms with van der Waals surface area (Å²) in [5, 5.41) is 3.06. The Labute approximate surface area is 260 Å². The second kappa shape index (κ2) is 13.9. The van der Waals surface area contributed by atoms with Crippen molar-refractivity contribution in [3.63, 3.8) is 0 Å². The van der Waals surface area contributed by atoms with Crippen molar-refractivity contribution in [2.24, 2.45) is 11.3 Å². The summed E-state index contributed by atoms with van der Waals surface area (Å²) in [7, 11) is 0. The molecule has 3 aliphatic rings. The number of benzene rings is 3. The maximum atomic E-state index is 12.9. The number of fused-ring (bicyclic) bond motifs is 1. The molecule has 1 aliphatic carbocycles. The second-order valence-corrected chi connectivity index (χ2v) is 12.5. The van der Waals surface area contributed by atoms with Gasteiger partial charge in [0, 0.05) is 31.2 Å². The van der Waals surface area contributed by atoms with E-state index in [4.69, 9.17) is 9.47 Å². The number of anilines is 1. The normalized spacial score (nSPS) is 22.5. The topological polar surface area (TPSA) is 71.1 Å². The van der Waals surface area contributed by atoms with Crippen LogP contribution in [0.4, 0.5) is 5.69 Å². The second-order valence-electron chi connectivity index (χ2n) is 12.5. The van der Waals surface area contributed by atoms with Crippen molar-refractivity contribution in [3.8, 4) is 0 Å². The first kappa shape index (κ1) is 30.3. The monoisotopic (exact) mass is 593 g/mol. The van der Waals surface area contributed by atoms with Crippen molar-refractivity contribution in [1.29, 1.82) is 0 Å². The molecule has 0 bridgehead atoms. The number of ether oxygens (including phenoxy) is 2. The third kappa shape index (κ3) is 7.12. The van der Waals surface area contributed by atoms with E-state index in [0.717, 1.165) is 73.5 Å². The lowest BCUT2D eigenvalue weighted by Crippen LogP contribution is -2.37. The summed E-state index contributed by atoms with van der Waals surface area (Å²) in [6.45, 7) is 10.1. The highest BCUT2D eigenvalue weighted by atomic mass is 16.5. The molecule has 2 unspecified atom stereocenters. The van der Waals surface area contributed by atoms with Gasteiger partial charge in [0.25, 0.3) is 0 Å². The van der Waals surface area contributed by atoms with Crippen LogP contribution >= 0.6 is 0 Å². The van der Waals surface area contributed by atoms with E-state index in [-0.39, 0.29) is 23.9 Å². The lowest BCUT2D eigenvalue weighted by atomic mass is 9.75. The fourth-order valence-corrected chi connectivity index (χ4v) is 7.08. The molecular weight excluding hydrogens is 550 g/mol. The lowest BCUT2D eigenvalue weighted by Gasteiger charge is -2.24. The number of carbonyl (C=O) groups excluding carboxylic acids is 2. The third-order valence-electron chi connectivity index (χ3n) is 9.41. The van der Waals surface area contributed by atoms with Crippen LogP contribution in [-0.2, 0) is 25.5 Å². The molecule has 2 heterocycles. The Morgan fingerprint density at radius 1 is 0.932 bits per heavy atom. The van der Waals surface area contributed by atoms with Gasteiger partial charge in [-0.3, -0.25) is 19.4 Å². The van der Waals surface area contributed by atoms with Crippen molar-refractivity contribution < 1.29 is 19.1 Å². The van der Waals surface area contributed by atoms with E-state index >= 15 is 0 Å². The zero-order chi connectivity index (χ0) is 30.4. The molecule has 2 aliphatic heterocycles. The Balaban J connectivity index is 0.952. The molecule has 2 saturated heterocycles. The smallest absolute Gasteiger partial charge is 0.313 e. The van der Waals surface area contributed by atoms with Gasteiger partial charge in [0.15, 0.2) is 0 Å². The molecule has 0 spiro atoms. The van der Waals surface area contributed by atoms with E-state index in [1.165, 1.54) is 0 Å². The lowest BCUT2D eigenvalue weighted by molar-refractivity contribution is -0.146. The molecule has 1 saturated carbocycles. The number of amides is 1. The standard InChI is InChI=1S/C37H43N3O4/c1-28-23-32-27-44-36(42)37(32,24-28)25-29-13-15-33(16-14-29)38-34(41)26-40-18-8-17-39(19-20-40)21-22-43-35(30-9-4-2-5-10-30)31-11-6-3-7-12-31/h2-7,9-16,32,35H,1,8,17-27H2,(H,38,41). The SMILES string of the molecule is C=C1CC2COC(=O)C2(Cc2ccc(NC(=O)CN3CCCN(CCOC(c4ccccc4)c4ccccc4)CC3)cc2)C1. The molecule has 1 N–H and O–H groups in total. The first-order valence-corrected chi connectivity index (χ1v) is 15.9. The summed E-state index contributed by atoms with van der Waals surface area (Å²) in [4.78, 5) is 30.2. The maximum absolute atomic E-state index is 12.9. The van der Waals surface area contributed by atoms with Crippen LogP contribution in [0.5, 0.6) is 0 Å². The van der Waals surface area contributed by atoms with Gasteiger partial charge in [-0.1, -0.05) is 84.9 Å². The van der Waals surface area contributed by atoms with E-state index < -0.39 is 5.41 Å². The molecule has 3 fully saturated rings.